The minimum atomic E-state index is -2.90. The molecule has 1 heterocycles. The van der Waals surface area contributed by atoms with E-state index in [0.717, 1.165) is 18.4 Å². The summed E-state index contributed by atoms with van der Waals surface area (Å²) in [4.78, 5) is 11.3. The number of ether oxygens (including phenoxy) is 1. The van der Waals surface area contributed by atoms with Crippen LogP contribution in [0.5, 0.6) is 5.75 Å². The van der Waals surface area contributed by atoms with Gasteiger partial charge in [-0.2, -0.15) is 0 Å². The predicted octanol–water partition coefficient (Wildman–Crippen LogP) is 1.18. The number of amides is 1. The lowest BCUT2D eigenvalue weighted by atomic mass is 9.96. The maximum Gasteiger partial charge on any atom is 0.257 e. The highest BCUT2D eigenvalue weighted by Gasteiger charge is 2.25. The van der Waals surface area contributed by atoms with E-state index >= 15 is 0 Å². The van der Waals surface area contributed by atoms with Crippen molar-refractivity contribution in [2.75, 3.05) is 25.2 Å². The van der Waals surface area contributed by atoms with E-state index in [9.17, 15) is 13.2 Å². The van der Waals surface area contributed by atoms with Crippen LogP contribution in [0.1, 0.15) is 18.4 Å². The van der Waals surface area contributed by atoms with Crippen molar-refractivity contribution in [1.29, 1.82) is 0 Å². The van der Waals surface area contributed by atoms with Gasteiger partial charge in [0.05, 0.1) is 11.5 Å². The largest absolute Gasteiger partial charge is 0.483 e. The highest BCUT2D eigenvalue weighted by Crippen LogP contribution is 2.27. The minimum absolute atomic E-state index is 0.0313. The van der Waals surface area contributed by atoms with Crippen LogP contribution < -0.4 is 10.1 Å². The molecule has 1 saturated heterocycles. The third-order valence-electron chi connectivity index (χ3n) is 3.68. The van der Waals surface area contributed by atoms with Gasteiger partial charge in [0, 0.05) is 7.05 Å². The van der Waals surface area contributed by atoms with Crippen molar-refractivity contribution in [2.45, 2.75) is 19.3 Å². The van der Waals surface area contributed by atoms with Gasteiger partial charge in [-0.25, -0.2) is 8.42 Å². The average molecular weight is 311 g/mol. The molecule has 0 saturated carbocycles. The summed E-state index contributed by atoms with van der Waals surface area (Å²) in [6, 6.07) is 7.50. The second kappa shape index (κ2) is 6.93. The number of hydrogen-bond donors (Lipinski definition) is 1. The van der Waals surface area contributed by atoms with E-state index in [2.05, 4.69) is 5.32 Å². The van der Waals surface area contributed by atoms with Crippen LogP contribution in [0.3, 0.4) is 0 Å². The maximum absolute atomic E-state index is 11.7. The van der Waals surface area contributed by atoms with Crippen molar-refractivity contribution < 1.29 is 17.9 Å². The summed E-state index contributed by atoms with van der Waals surface area (Å²) in [7, 11) is -1.34. The summed E-state index contributed by atoms with van der Waals surface area (Å²) in [5.41, 5.74) is 0.962. The minimum Gasteiger partial charge on any atom is -0.483 e. The number of benzene rings is 1. The highest BCUT2D eigenvalue weighted by molar-refractivity contribution is 7.91. The van der Waals surface area contributed by atoms with Gasteiger partial charge >= 0.3 is 0 Å². The Hall–Kier alpha value is -1.56. The normalized spacial score (nSPS) is 20.7. The molecule has 0 aliphatic carbocycles. The van der Waals surface area contributed by atoms with Crippen molar-refractivity contribution in [1.82, 2.24) is 5.32 Å². The van der Waals surface area contributed by atoms with Crippen molar-refractivity contribution in [2.24, 2.45) is 5.92 Å². The smallest absolute Gasteiger partial charge is 0.257 e. The standard InChI is InChI=1S/C15H21NO4S/c1-16-15(17)10-20-14-7-3-2-6-13(14)9-12-5-4-8-21(18,19)11-12/h2-3,6-7,12H,4-5,8-11H2,1H3,(H,16,17)/t12-/m0/s1. The Morgan fingerprint density at radius 3 is 2.86 bits per heavy atom. The molecule has 2 rings (SSSR count). The molecule has 1 aliphatic rings. The number of carbonyl (C=O) groups excluding carboxylic acids is 1. The maximum atomic E-state index is 11.7. The molecule has 1 amide bonds. The fourth-order valence-electron chi connectivity index (χ4n) is 2.62. The molecule has 1 aromatic carbocycles. The molecular formula is C15H21NO4S. The van der Waals surface area contributed by atoms with E-state index in [1.807, 2.05) is 24.3 Å². The predicted molar refractivity (Wildman–Crippen MR) is 81.1 cm³/mol. The van der Waals surface area contributed by atoms with Gasteiger partial charge in [0.25, 0.3) is 5.91 Å². The quantitative estimate of drug-likeness (QED) is 0.886. The van der Waals surface area contributed by atoms with Gasteiger partial charge in [-0.3, -0.25) is 4.79 Å². The summed E-state index contributed by atoms with van der Waals surface area (Å²) in [6.07, 6.45) is 2.32. The molecule has 0 bridgehead atoms. The van der Waals surface area contributed by atoms with Gasteiger partial charge in [0.1, 0.15) is 5.75 Å². The Morgan fingerprint density at radius 2 is 2.14 bits per heavy atom. The molecule has 1 atom stereocenters. The van der Waals surface area contributed by atoms with Crippen LogP contribution in [0, 0.1) is 5.92 Å². The molecule has 5 nitrogen and oxygen atoms in total. The van der Waals surface area contributed by atoms with E-state index in [4.69, 9.17) is 4.74 Å². The van der Waals surface area contributed by atoms with Gasteiger partial charge in [0.2, 0.25) is 0 Å². The Labute approximate surface area is 125 Å². The van der Waals surface area contributed by atoms with Crippen LogP contribution in [-0.2, 0) is 21.1 Å². The zero-order chi connectivity index (χ0) is 15.3. The lowest BCUT2D eigenvalue weighted by Crippen LogP contribution is -2.27. The summed E-state index contributed by atoms with van der Waals surface area (Å²) < 4.78 is 28.9. The van der Waals surface area contributed by atoms with Gasteiger partial charge < -0.3 is 10.1 Å². The average Bonchev–Trinajstić information content (AvgIpc) is 2.45. The van der Waals surface area contributed by atoms with Crippen LogP contribution in [0.25, 0.3) is 0 Å². The number of rotatable bonds is 5. The van der Waals surface area contributed by atoms with Crippen molar-refractivity contribution >= 4 is 15.7 Å². The summed E-state index contributed by atoms with van der Waals surface area (Å²) in [5.74, 6) is 1.15. The first-order chi connectivity index (χ1) is 10.00. The second-order valence-electron chi connectivity index (χ2n) is 5.40. The molecule has 1 N–H and O–H groups in total. The number of carbonyl (C=O) groups is 1. The lowest BCUT2D eigenvalue weighted by molar-refractivity contribution is -0.122. The highest BCUT2D eigenvalue weighted by atomic mass is 32.2. The van der Waals surface area contributed by atoms with Crippen LogP contribution in [0.15, 0.2) is 24.3 Å². The number of likely N-dealkylation sites (N-methyl/N-ethyl adjacent to an activating group) is 1. The summed E-state index contributed by atoms with van der Waals surface area (Å²) in [5, 5.41) is 2.50. The molecule has 21 heavy (non-hydrogen) atoms. The van der Waals surface area contributed by atoms with Crippen LogP contribution >= 0.6 is 0 Å². The zero-order valence-electron chi connectivity index (χ0n) is 12.2. The van der Waals surface area contributed by atoms with E-state index in [-0.39, 0.29) is 24.2 Å². The first-order valence-electron chi connectivity index (χ1n) is 7.12. The molecule has 1 aromatic rings. The van der Waals surface area contributed by atoms with E-state index < -0.39 is 9.84 Å². The second-order valence-corrected chi connectivity index (χ2v) is 7.63. The Kier molecular flexibility index (Phi) is 5.22. The molecule has 0 spiro atoms. The Morgan fingerprint density at radius 1 is 1.38 bits per heavy atom. The molecule has 1 aliphatic heterocycles. The molecular weight excluding hydrogens is 290 g/mol. The lowest BCUT2D eigenvalue weighted by Gasteiger charge is -2.22. The van der Waals surface area contributed by atoms with Crippen LogP contribution in [-0.4, -0.2) is 39.5 Å². The van der Waals surface area contributed by atoms with Crippen molar-refractivity contribution in [3.63, 3.8) is 0 Å². The van der Waals surface area contributed by atoms with E-state index in [0.29, 0.717) is 17.9 Å². The monoisotopic (exact) mass is 311 g/mol. The molecule has 0 radical (unpaired) electrons. The fraction of sp³-hybridized carbons (Fsp3) is 0.533. The van der Waals surface area contributed by atoms with Crippen LogP contribution in [0.4, 0.5) is 0 Å². The summed E-state index contributed by atoms with van der Waals surface area (Å²) >= 11 is 0. The van der Waals surface area contributed by atoms with Gasteiger partial charge in [-0.1, -0.05) is 18.2 Å². The molecule has 0 aromatic heterocycles. The van der Waals surface area contributed by atoms with E-state index in [1.165, 1.54) is 0 Å². The van der Waals surface area contributed by atoms with E-state index in [1.54, 1.807) is 7.05 Å². The first-order valence-corrected chi connectivity index (χ1v) is 8.94. The Bertz CT molecular complexity index is 597. The zero-order valence-corrected chi connectivity index (χ0v) is 13.0. The number of sulfone groups is 1. The van der Waals surface area contributed by atoms with Crippen molar-refractivity contribution in [3.05, 3.63) is 29.8 Å². The Balaban J connectivity index is 2.04. The number of nitrogens with one attached hydrogen (secondary N) is 1. The van der Waals surface area contributed by atoms with Gasteiger partial charge in [-0.15, -0.1) is 0 Å². The van der Waals surface area contributed by atoms with Gasteiger partial charge in [-0.05, 0) is 36.8 Å². The van der Waals surface area contributed by atoms with Crippen molar-refractivity contribution in [3.8, 4) is 5.75 Å². The van der Waals surface area contributed by atoms with Gasteiger partial charge in [0.15, 0.2) is 16.4 Å². The number of para-hydroxylation sites is 1. The topological polar surface area (TPSA) is 72.5 Å². The van der Waals surface area contributed by atoms with Crippen LogP contribution in [0.2, 0.25) is 0 Å². The fourth-order valence-corrected chi connectivity index (χ4v) is 4.39. The third-order valence-corrected chi connectivity index (χ3v) is 5.57. The summed E-state index contributed by atoms with van der Waals surface area (Å²) in [6.45, 7) is -0.0313. The SMILES string of the molecule is CNC(=O)COc1ccccc1C[C@@H]1CCCS(=O)(=O)C1. The molecule has 6 heteroatoms. The molecule has 1 fully saturated rings. The third kappa shape index (κ3) is 4.74. The first kappa shape index (κ1) is 15.8. The molecule has 116 valence electrons. The number of hydrogen-bond acceptors (Lipinski definition) is 4. The molecule has 0 unspecified atom stereocenters.